The third kappa shape index (κ3) is 2.54. The number of pyridine rings is 1. The number of carbonyl (C=O) groups is 1. The number of nitrogens with one attached hydrogen (secondary N) is 1. The molecule has 1 aromatic heterocycles. The normalized spacial score (nSPS) is 16.2. The molecule has 0 fully saturated rings. The molecular formula is C20H17FN2O. The molecule has 3 aromatic rings. The molecule has 2 aromatic carbocycles. The van der Waals surface area contributed by atoms with Crippen LogP contribution in [0.3, 0.4) is 0 Å². The molecule has 0 spiro atoms. The number of aryl methyl sites for hydroxylation is 2. The lowest BCUT2D eigenvalue weighted by atomic mass is 10.1. The molecule has 1 aliphatic carbocycles. The summed E-state index contributed by atoms with van der Waals surface area (Å²) in [5.74, 6) is -0.418. The summed E-state index contributed by atoms with van der Waals surface area (Å²) in [6.45, 7) is 1.98. The lowest BCUT2D eigenvalue weighted by Crippen LogP contribution is -2.28. The number of benzene rings is 2. The van der Waals surface area contributed by atoms with Crippen LogP contribution in [0.15, 0.2) is 48.5 Å². The predicted octanol–water partition coefficient (Wildman–Crippen LogP) is 4.10. The van der Waals surface area contributed by atoms with Crippen molar-refractivity contribution in [2.45, 2.75) is 25.8 Å². The Bertz CT molecular complexity index is 952. The van der Waals surface area contributed by atoms with Gasteiger partial charge in [-0.15, -0.1) is 0 Å². The van der Waals surface area contributed by atoms with Crippen LogP contribution in [-0.2, 0) is 6.42 Å². The highest BCUT2D eigenvalue weighted by Crippen LogP contribution is 2.31. The Balaban J connectivity index is 1.62. The quantitative estimate of drug-likeness (QED) is 0.772. The van der Waals surface area contributed by atoms with Crippen LogP contribution in [0.1, 0.15) is 39.6 Å². The van der Waals surface area contributed by atoms with E-state index in [9.17, 15) is 9.18 Å². The number of hydrogen-bond acceptors (Lipinski definition) is 2. The summed E-state index contributed by atoms with van der Waals surface area (Å²) in [6, 6.07) is 14.3. The maximum atomic E-state index is 13.3. The Morgan fingerprint density at radius 2 is 2.04 bits per heavy atom. The van der Waals surface area contributed by atoms with Crippen molar-refractivity contribution in [1.82, 2.24) is 10.3 Å². The highest BCUT2D eigenvalue weighted by atomic mass is 19.1. The molecule has 1 aliphatic rings. The van der Waals surface area contributed by atoms with Crippen LogP contribution in [0.25, 0.3) is 10.9 Å². The van der Waals surface area contributed by atoms with E-state index < -0.39 is 0 Å². The maximum absolute atomic E-state index is 13.3. The number of fused-ring (bicyclic) bond motifs is 2. The van der Waals surface area contributed by atoms with Crippen LogP contribution in [0.4, 0.5) is 4.39 Å². The van der Waals surface area contributed by atoms with Gasteiger partial charge in [0.05, 0.1) is 11.6 Å². The van der Waals surface area contributed by atoms with Crippen LogP contribution in [-0.4, -0.2) is 10.9 Å². The molecule has 0 saturated carbocycles. The van der Waals surface area contributed by atoms with Gasteiger partial charge in [-0.1, -0.05) is 24.3 Å². The first-order valence-corrected chi connectivity index (χ1v) is 8.07. The first-order chi connectivity index (χ1) is 11.6. The van der Waals surface area contributed by atoms with Crippen LogP contribution in [0.5, 0.6) is 0 Å². The molecular weight excluding hydrogens is 303 g/mol. The molecule has 0 saturated heterocycles. The molecule has 4 heteroatoms. The number of hydrogen-bond donors (Lipinski definition) is 1. The largest absolute Gasteiger partial charge is 0.344 e. The molecule has 0 unspecified atom stereocenters. The van der Waals surface area contributed by atoms with Crippen molar-refractivity contribution < 1.29 is 9.18 Å². The third-order valence-corrected chi connectivity index (χ3v) is 4.64. The van der Waals surface area contributed by atoms with Crippen LogP contribution < -0.4 is 5.32 Å². The highest BCUT2D eigenvalue weighted by Gasteiger charge is 2.25. The predicted molar refractivity (Wildman–Crippen MR) is 91.4 cm³/mol. The molecule has 0 radical (unpaired) electrons. The molecule has 1 amide bonds. The molecule has 3 nitrogen and oxygen atoms in total. The van der Waals surface area contributed by atoms with Gasteiger partial charge < -0.3 is 5.32 Å². The van der Waals surface area contributed by atoms with Crippen molar-refractivity contribution in [2.24, 2.45) is 0 Å². The first kappa shape index (κ1) is 14.8. The van der Waals surface area contributed by atoms with E-state index in [0.717, 1.165) is 40.4 Å². The summed E-state index contributed by atoms with van der Waals surface area (Å²) in [5.41, 5.74) is 4.24. The third-order valence-electron chi connectivity index (χ3n) is 4.64. The summed E-state index contributed by atoms with van der Waals surface area (Å²) in [4.78, 5) is 17.1. The minimum Gasteiger partial charge on any atom is -0.344 e. The summed E-state index contributed by atoms with van der Waals surface area (Å²) in [6.07, 6.45) is 1.57. The minimum absolute atomic E-state index is 0.0818. The van der Waals surface area contributed by atoms with Crippen LogP contribution >= 0.6 is 0 Å². The van der Waals surface area contributed by atoms with E-state index in [1.807, 2.05) is 37.3 Å². The Kier molecular flexibility index (Phi) is 3.53. The van der Waals surface area contributed by atoms with Crippen molar-refractivity contribution in [3.63, 3.8) is 0 Å². The van der Waals surface area contributed by atoms with Gasteiger partial charge in [0.25, 0.3) is 5.91 Å². The number of para-hydroxylation sites is 1. The molecule has 4 rings (SSSR count). The topological polar surface area (TPSA) is 42.0 Å². The lowest BCUT2D eigenvalue weighted by molar-refractivity contribution is 0.0932. The van der Waals surface area contributed by atoms with Gasteiger partial charge in [-0.25, -0.2) is 9.37 Å². The molecule has 0 aliphatic heterocycles. The molecule has 1 heterocycles. The van der Waals surface area contributed by atoms with Gasteiger partial charge in [0.15, 0.2) is 0 Å². The first-order valence-electron chi connectivity index (χ1n) is 8.07. The fraction of sp³-hybridized carbons (Fsp3) is 0.200. The smallest absolute Gasteiger partial charge is 0.270 e. The molecule has 1 N–H and O–H groups in total. The van der Waals surface area contributed by atoms with Gasteiger partial charge in [0.1, 0.15) is 11.5 Å². The van der Waals surface area contributed by atoms with Crippen LogP contribution in [0, 0.1) is 12.7 Å². The lowest BCUT2D eigenvalue weighted by Gasteiger charge is -2.14. The monoisotopic (exact) mass is 320 g/mol. The second-order valence-corrected chi connectivity index (χ2v) is 6.25. The summed E-state index contributed by atoms with van der Waals surface area (Å²) < 4.78 is 13.3. The SMILES string of the molecule is Cc1cc(C(=O)N[C@@H]2CCc3cc(F)ccc32)nc2ccccc12. The van der Waals surface area contributed by atoms with Gasteiger partial charge >= 0.3 is 0 Å². The molecule has 0 bridgehead atoms. The van der Waals surface area contributed by atoms with Crippen LogP contribution in [0.2, 0.25) is 0 Å². The number of amides is 1. The van der Waals surface area contributed by atoms with E-state index in [1.165, 1.54) is 6.07 Å². The fourth-order valence-corrected chi connectivity index (χ4v) is 3.43. The average Bonchev–Trinajstić information content (AvgIpc) is 2.96. The number of nitrogens with zero attached hydrogens (tertiary/aromatic N) is 1. The summed E-state index contributed by atoms with van der Waals surface area (Å²) in [5, 5.41) is 4.09. The number of halogens is 1. The zero-order valence-electron chi connectivity index (χ0n) is 13.3. The Morgan fingerprint density at radius 3 is 2.92 bits per heavy atom. The van der Waals surface area contributed by atoms with Crippen molar-refractivity contribution in [2.75, 3.05) is 0 Å². The van der Waals surface area contributed by atoms with E-state index in [1.54, 1.807) is 12.1 Å². The van der Waals surface area contributed by atoms with Gasteiger partial charge in [-0.05, 0) is 60.7 Å². The highest BCUT2D eigenvalue weighted by molar-refractivity contribution is 5.96. The van der Waals surface area contributed by atoms with E-state index in [4.69, 9.17) is 0 Å². The molecule has 1 atom stereocenters. The molecule has 120 valence electrons. The Labute approximate surface area is 139 Å². The van der Waals surface area contributed by atoms with E-state index in [-0.39, 0.29) is 17.8 Å². The average molecular weight is 320 g/mol. The zero-order chi connectivity index (χ0) is 16.7. The minimum atomic E-state index is -0.229. The van der Waals surface area contributed by atoms with Gasteiger partial charge in [0.2, 0.25) is 0 Å². The van der Waals surface area contributed by atoms with Gasteiger partial charge in [-0.2, -0.15) is 0 Å². The molecule has 24 heavy (non-hydrogen) atoms. The Hall–Kier alpha value is -2.75. The van der Waals surface area contributed by atoms with Crippen molar-refractivity contribution in [3.8, 4) is 0 Å². The zero-order valence-corrected chi connectivity index (χ0v) is 13.3. The van der Waals surface area contributed by atoms with Crippen molar-refractivity contribution in [3.05, 3.63) is 76.7 Å². The Morgan fingerprint density at radius 1 is 1.21 bits per heavy atom. The second-order valence-electron chi connectivity index (χ2n) is 6.25. The number of aromatic nitrogens is 1. The standard InChI is InChI=1S/C20H17FN2O/c1-12-10-19(22-17-5-3-2-4-15(12)17)20(24)23-18-9-6-13-11-14(21)7-8-16(13)18/h2-5,7-8,10-11,18H,6,9H2,1H3,(H,23,24)/t18-/m1/s1. The second kappa shape index (κ2) is 5.71. The van der Waals surface area contributed by atoms with Gasteiger partial charge in [0, 0.05) is 5.39 Å². The maximum Gasteiger partial charge on any atom is 0.270 e. The van der Waals surface area contributed by atoms with E-state index in [2.05, 4.69) is 10.3 Å². The van der Waals surface area contributed by atoms with Crippen molar-refractivity contribution in [1.29, 1.82) is 0 Å². The van der Waals surface area contributed by atoms with Gasteiger partial charge in [-0.3, -0.25) is 4.79 Å². The number of carbonyl (C=O) groups excluding carboxylic acids is 1. The number of rotatable bonds is 2. The fourth-order valence-electron chi connectivity index (χ4n) is 3.43. The van der Waals surface area contributed by atoms with Crippen molar-refractivity contribution >= 4 is 16.8 Å². The van der Waals surface area contributed by atoms with E-state index in [0.29, 0.717) is 5.69 Å². The summed E-state index contributed by atoms with van der Waals surface area (Å²) in [7, 11) is 0. The van der Waals surface area contributed by atoms with E-state index >= 15 is 0 Å². The summed E-state index contributed by atoms with van der Waals surface area (Å²) >= 11 is 0.